The van der Waals surface area contributed by atoms with E-state index in [-0.39, 0.29) is 18.2 Å². The quantitative estimate of drug-likeness (QED) is 0.186. The second kappa shape index (κ2) is 13.7. The largest absolute Gasteiger partial charge is 0.494 e. The first kappa shape index (κ1) is 32.1. The smallest absolute Gasteiger partial charge is 0.416 e. The van der Waals surface area contributed by atoms with E-state index in [4.69, 9.17) is 4.74 Å². The average Bonchev–Trinajstić information content (AvgIpc) is 3.34. The van der Waals surface area contributed by atoms with Crippen molar-refractivity contribution in [3.63, 3.8) is 0 Å². The van der Waals surface area contributed by atoms with Crippen LogP contribution in [0, 0.1) is 5.92 Å². The maximum Gasteiger partial charge on any atom is 0.416 e. The highest BCUT2D eigenvalue weighted by Gasteiger charge is 2.31. The third kappa shape index (κ3) is 7.67. The minimum absolute atomic E-state index is 0.0197. The molecule has 0 atom stereocenters. The number of halogens is 3. The minimum atomic E-state index is -4.46. The first-order chi connectivity index (χ1) is 21.5. The maximum atomic E-state index is 13.6. The lowest BCUT2D eigenvalue weighted by atomic mass is 9.87. The van der Waals surface area contributed by atoms with Gasteiger partial charge in [-0.1, -0.05) is 37.3 Å². The monoisotopic (exact) mass is 621 g/mol. The fourth-order valence-corrected chi connectivity index (χ4v) is 6.09. The average molecular weight is 622 g/mol. The molecule has 7 nitrogen and oxygen atoms in total. The van der Waals surface area contributed by atoms with Gasteiger partial charge in [0.05, 0.1) is 24.3 Å². The zero-order valence-corrected chi connectivity index (χ0v) is 25.5. The minimum Gasteiger partial charge on any atom is -0.494 e. The summed E-state index contributed by atoms with van der Waals surface area (Å²) in [6, 6.07) is 18.2. The highest BCUT2D eigenvalue weighted by atomic mass is 19.4. The van der Waals surface area contributed by atoms with Crippen molar-refractivity contribution in [2.75, 3.05) is 6.61 Å². The van der Waals surface area contributed by atoms with E-state index >= 15 is 0 Å². The van der Waals surface area contributed by atoms with Gasteiger partial charge in [-0.3, -0.25) is 9.36 Å². The highest BCUT2D eigenvalue weighted by Crippen LogP contribution is 2.33. The van der Waals surface area contributed by atoms with Crippen LogP contribution >= 0.6 is 0 Å². The number of rotatable bonds is 11. The van der Waals surface area contributed by atoms with E-state index in [0.29, 0.717) is 41.8 Å². The lowest BCUT2D eigenvalue weighted by molar-refractivity contribution is -0.138. The number of carboxylic acids is 1. The number of hydrogen-bond acceptors (Lipinski definition) is 4. The van der Waals surface area contributed by atoms with Crippen LogP contribution in [-0.4, -0.2) is 32.0 Å². The molecule has 1 aromatic heterocycles. The summed E-state index contributed by atoms with van der Waals surface area (Å²) in [4.78, 5) is 25.0. The van der Waals surface area contributed by atoms with E-state index in [0.717, 1.165) is 67.3 Å². The number of carboxylic acid groups (broad SMARTS) is 1. The summed E-state index contributed by atoms with van der Waals surface area (Å²) in [5.74, 6) is 0.898. The molecular formula is C35H38F3N3O4. The Morgan fingerprint density at radius 1 is 0.956 bits per heavy atom. The molecule has 1 saturated carbocycles. The van der Waals surface area contributed by atoms with Crippen LogP contribution in [0.4, 0.5) is 13.2 Å². The van der Waals surface area contributed by atoms with Gasteiger partial charge in [-0.15, -0.1) is 5.10 Å². The zero-order valence-electron chi connectivity index (χ0n) is 25.5. The van der Waals surface area contributed by atoms with Crippen LogP contribution in [0.2, 0.25) is 0 Å². The summed E-state index contributed by atoms with van der Waals surface area (Å²) in [7, 11) is 0. The molecule has 1 heterocycles. The molecule has 0 aliphatic heterocycles. The number of aryl methyl sites for hydroxylation is 2. The Balaban J connectivity index is 1.32. The van der Waals surface area contributed by atoms with Gasteiger partial charge in [0, 0.05) is 18.0 Å². The molecule has 3 aromatic carbocycles. The van der Waals surface area contributed by atoms with Gasteiger partial charge in [-0.05, 0) is 104 Å². The van der Waals surface area contributed by atoms with Crippen LogP contribution in [0.15, 0.2) is 71.5 Å². The first-order valence-corrected chi connectivity index (χ1v) is 15.5. The van der Waals surface area contributed by atoms with Crippen LogP contribution in [0.25, 0.3) is 16.8 Å². The van der Waals surface area contributed by atoms with Gasteiger partial charge in [0.1, 0.15) is 11.6 Å². The predicted octanol–water partition coefficient (Wildman–Crippen LogP) is 7.67. The Morgan fingerprint density at radius 3 is 2.24 bits per heavy atom. The SMILES string of the molecule is CCOc1ccc(-c2ccc(CCCc3nn(-c4ccc(C(F)(F)F)cc4)c(=O)n3C3CCC(C)CC3)cc2)cc1CC(=O)O. The zero-order chi connectivity index (χ0) is 32.1. The van der Waals surface area contributed by atoms with E-state index in [9.17, 15) is 27.9 Å². The third-order valence-corrected chi connectivity index (χ3v) is 8.53. The van der Waals surface area contributed by atoms with Crippen molar-refractivity contribution in [3.8, 4) is 22.6 Å². The van der Waals surface area contributed by atoms with E-state index in [1.807, 2.05) is 43.3 Å². The van der Waals surface area contributed by atoms with Crippen LogP contribution in [0.3, 0.4) is 0 Å². The molecule has 5 rings (SSSR count). The van der Waals surface area contributed by atoms with Crippen LogP contribution in [0.5, 0.6) is 5.75 Å². The Bertz CT molecular complexity index is 1670. The molecule has 1 N–H and O–H groups in total. The van der Waals surface area contributed by atoms with Crippen molar-refractivity contribution in [1.82, 2.24) is 14.3 Å². The third-order valence-electron chi connectivity index (χ3n) is 8.53. The van der Waals surface area contributed by atoms with E-state index in [1.54, 1.807) is 10.6 Å². The highest BCUT2D eigenvalue weighted by molar-refractivity contribution is 5.74. The normalized spacial score (nSPS) is 16.9. The van der Waals surface area contributed by atoms with Gasteiger partial charge in [0.15, 0.2) is 0 Å². The van der Waals surface area contributed by atoms with Gasteiger partial charge < -0.3 is 9.84 Å². The standard InChI is InChI=1S/C35H38F3N3O4/c1-3-45-31-20-13-26(21-27(31)22-33(42)43)25-11-9-24(10-12-25)5-4-6-32-39-41(30-18-14-28(15-19-30)35(36,37)38)34(44)40(32)29-16-7-23(2)8-17-29/h9-15,18-21,23,29H,3-8,16-17,22H2,1-2H3,(H,42,43). The molecule has 0 unspecified atom stereocenters. The number of nitrogens with zero attached hydrogens (tertiary/aromatic N) is 3. The Kier molecular flexibility index (Phi) is 9.80. The number of benzene rings is 3. The lowest BCUT2D eigenvalue weighted by Gasteiger charge is -2.27. The predicted molar refractivity (Wildman–Crippen MR) is 166 cm³/mol. The lowest BCUT2D eigenvalue weighted by Crippen LogP contribution is -2.30. The number of aliphatic carboxylic acids is 1. The number of alkyl halides is 3. The number of carbonyl (C=O) groups is 1. The van der Waals surface area contributed by atoms with Crippen LogP contribution < -0.4 is 10.4 Å². The van der Waals surface area contributed by atoms with Crippen molar-refractivity contribution >= 4 is 5.97 Å². The summed E-state index contributed by atoms with van der Waals surface area (Å²) < 4.78 is 48.0. The van der Waals surface area contributed by atoms with Gasteiger partial charge in [-0.25, -0.2) is 4.79 Å². The van der Waals surface area contributed by atoms with Crippen molar-refractivity contribution in [2.45, 2.75) is 77.4 Å². The molecule has 238 valence electrons. The first-order valence-electron chi connectivity index (χ1n) is 15.5. The summed E-state index contributed by atoms with van der Waals surface area (Å²) in [5.41, 5.74) is 2.83. The van der Waals surface area contributed by atoms with E-state index in [2.05, 4.69) is 12.0 Å². The maximum absolute atomic E-state index is 13.6. The number of hydrogen-bond donors (Lipinski definition) is 1. The summed E-state index contributed by atoms with van der Waals surface area (Å²) in [6.45, 7) is 4.52. The molecule has 0 spiro atoms. The molecular weight excluding hydrogens is 583 g/mol. The molecule has 0 radical (unpaired) electrons. The summed E-state index contributed by atoms with van der Waals surface area (Å²) >= 11 is 0. The van der Waals surface area contributed by atoms with Crippen molar-refractivity contribution < 1.29 is 27.8 Å². The molecule has 45 heavy (non-hydrogen) atoms. The van der Waals surface area contributed by atoms with Crippen molar-refractivity contribution in [1.29, 1.82) is 0 Å². The Morgan fingerprint density at radius 2 is 1.62 bits per heavy atom. The molecule has 1 fully saturated rings. The second-order valence-electron chi connectivity index (χ2n) is 11.8. The second-order valence-corrected chi connectivity index (χ2v) is 11.8. The molecule has 1 aliphatic carbocycles. The Labute approximate surface area is 260 Å². The number of ether oxygens (including phenoxy) is 1. The van der Waals surface area contributed by atoms with Gasteiger partial charge in [-0.2, -0.15) is 17.9 Å². The molecule has 4 aromatic rings. The fourth-order valence-electron chi connectivity index (χ4n) is 6.09. The van der Waals surface area contributed by atoms with Crippen molar-refractivity contribution in [3.05, 3.63) is 99.7 Å². The summed E-state index contributed by atoms with van der Waals surface area (Å²) in [5, 5.41) is 14.0. The van der Waals surface area contributed by atoms with E-state index in [1.165, 1.54) is 16.8 Å². The molecule has 0 amide bonds. The van der Waals surface area contributed by atoms with Crippen LogP contribution in [-0.2, 0) is 30.2 Å². The Hall–Kier alpha value is -4.34. The van der Waals surface area contributed by atoms with Gasteiger partial charge in [0.2, 0.25) is 0 Å². The fraction of sp³-hybridized carbons (Fsp3) is 0.400. The molecule has 1 aliphatic rings. The topological polar surface area (TPSA) is 86.4 Å². The van der Waals surface area contributed by atoms with Crippen LogP contribution in [0.1, 0.15) is 74.5 Å². The van der Waals surface area contributed by atoms with E-state index < -0.39 is 17.7 Å². The summed E-state index contributed by atoms with van der Waals surface area (Å²) in [6.07, 6.45) is 1.22. The van der Waals surface area contributed by atoms with Gasteiger partial charge in [0.25, 0.3) is 0 Å². The van der Waals surface area contributed by atoms with Gasteiger partial charge >= 0.3 is 17.8 Å². The number of aromatic nitrogens is 3. The molecule has 0 saturated heterocycles. The molecule has 10 heteroatoms. The molecule has 0 bridgehead atoms. The van der Waals surface area contributed by atoms with Crippen molar-refractivity contribution in [2.24, 2.45) is 5.92 Å².